The predicted octanol–water partition coefficient (Wildman–Crippen LogP) is 2.87. The highest BCUT2D eigenvalue weighted by atomic mass is 35.5. The number of hydrogen-bond donors (Lipinski definition) is 4. The molecule has 2 saturated heterocycles. The predicted molar refractivity (Wildman–Crippen MR) is 113 cm³/mol. The van der Waals surface area contributed by atoms with Gasteiger partial charge in [0.2, 0.25) is 0 Å². The van der Waals surface area contributed by atoms with E-state index in [2.05, 4.69) is 15.3 Å². The Kier molecular flexibility index (Phi) is 5.61. The molecule has 0 aliphatic carbocycles. The van der Waals surface area contributed by atoms with Crippen molar-refractivity contribution in [2.75, 3.05) is 31.2 Å². The van der Waals surface area contributed by atoms with Crippen molar-refractivity contribution in [3.63, 3.8) is 0 Å². The monoisotopic (exact) mass is 440 g/mol. The third kappa shape index (κ3) is 3.65. The van der Waals surface area contributed by atoms with Crippen molar-refractivity contribution in [2.45, 2.75) is 34.9 Å². The second-order valence-electron chi connectivity index (χ2n) is 7.28. The number of halogens is 2. The van der Waals surface area contributed by atoms with E-state index < -0.39 is 0 Å². The maximum atomic E-state index is 6.66. The Morgan fingerprint density at radius 1 is 1.21 bits per heavy atom. The Labute approximate surface area is 177 Å². The summed E-state index contributed by atoms with van der Waals surface area (Å²) in [5, 5.41) is 4.57. The first-order valence-electron chi connectivity index (χ1n) is 9.02. The van der Waals surface area contributed by atoms with Gasteiger partial charge in [-0.15, -0.1) is 0 Å². The van der Waals surface area contributed by atoms with Gasteiger partial charge in [-0.05, 0) is 43.6 Å². The standard InChI is InChI=1S/C18H22Cl2N6OS/c19-12-7-25-17(16(23)26-12)28-11-6-9(5-10(21)13(11)20)14-15(22)18(8-27-14)1-3-24-4-2-18/h5-7,14-15,24H,1-4,8,21-22H2,(H2,23,26)/t14?,15-/m1/s1. The van der Waals surface area contributed by atoms with Crippen LogP contribution in [-0.4, -0.2) is 35.7 Å². The van der Waals surface area contributed by atoms with Crippen LogP contribution in [0.25, 0.3) is 0 Å². The van der Waals surface area contributed by atoms with Gasteiger partial charge in [-0.3, -0.25) is 0 Å². The zero-order chi connectivity index (χ0) is 19.9. The number of nitrogens with one attached hydrogen (secondary N) is 1. The summed E-state index contributed by atoms with van der Waals surface area (Å²) < 4.78 is 6.15. The quantitative estimate of drug-likeness (QED) is 0.536. The molecule has 1 spiro atoms. The highest BCUT2D eigenvalue weighted by Gasteiger charge is 2.48. The van der Waals surface area contributed by atoms with Crippen LogP contribution in [-0.2, 0) is 4.74 Å². The van der Waals surface area contributed by atoms with Gasteiger partial charge in [0.15, 0.2) is 5.82 Å². The number of aromatic nitrogens is 2. The molecule has 2 aliphatic heterocycles. The summed E-state index contributed by atoms with van der Waals surface area (Å²) in [7, 11) is 0. The first-order chi connectivity index (χ1) is 13.4. The van der Waals surface area contributed by atoms with Crippen molar-refractivity contribution in [3.05, 3.63) is 34.1 Å². The number of hydrogen-bond acceptors (Lipinski definition) is 8. The van der Waals surface area contributed by atoms with Crippen molar-refractivity contribution in [1.29, 1.82) is 0 Å². The summed E-state index contributed by atoms with van der Waals surface area (Å²) in [5.41, 5.74) is 20.1. The van der Waals surface area contributed by atoms with E-state index in [0.717, 1.165) is 36.4 Å². The molecule has 1 aromatic carbocycles. The molecule has 2 aliphatic rings. The first kappa shape index (κ1) is 20.0. The summed E-state index contributed by atoms with van der Waals surface area (Å²) >= 11 is 13.6. The molecule has 7 nitrogen and oxygen atoms in total. The minimum absolute atomic E-state index is 0.00367. The second kappa shape index (κ2) is 7.85. The summed E-state index contributed by atoms with van der Waals surface area (Å²) in [5.74, 6) is 0.236. The molecule has 150 valence electrons. The third-order valence-corrected chi connectivity index (χ3v) is 7.31. The fourth-order valence-corrected chi connectivity index (χ4v) is 5.15. The minimum atomic E-state index is -0.231. The van der Waals surface area contributed by atoms with Gasteiger partial charge in [-0.2, -0.15) is 0 Å². The summed E-state index contributed by atoms with van der Waals surface area (Å²) in [6.45, 7) is 2.57. The van der Waals surface area contributed by atoms with E-state index in [4.69, 9.17) is 45.1 Å². The molecular weight excluding hydrogens is 419 g/mol. The van der Waals surface area contributed by atoms with Crippen LogP contribution in [0.15, 0.2) is 28.3 Å². The number of rotatable bonds is 3. The Morgan fingerprint density at radius 3 is 2.68 bits per heavy atom. The number of ether oxygens (including phenoxy) is 1. The van der Waals surface area contributed by atoms with E-state index in [1.54, 1.807) is 0 Å². The van der Waals surface area contributed by atoms with Gasteiger partial charge < -0.3 is 27.3 Å². The van der Waals surface area contributed by atoms with Crippen molar-refractivity contribution in [2.24, 2.45) is 11.1 Å². The minimum Gasteiger partial charge on any atom is -0.397 e. The van der Waals surface area contributed by atoms with Crippen LogP contribution in [0.4, 0.5) is 11.5 Å². The summed E-state index contributed by atoms with van der Waals surface area (Å²) in [6, 6.07) is 3.69. The summed E-state index contributed by atoms with van der Waals surface area (Å²) in [6.07, 6.45) is 3.22. The Morgan fingerprint density at radius 2 is 1.96 bits per heavy atom. The van der Waals surface area contributed by atoms with Crippen LogP contribution in [0, 0.1) is 5.41 Å². The lowest BCUT2D eigenvalue weighted by Crippen LogP contribution is -2.48. The largest absolute Gasteiger partial charge is 0.397 e. The van der Waals surface area contributed by atoms with Gasteiger partial charge in [0.05, 0.1) is 29.6 Å². The fourth-order valence-electron chi connectivity index (χ4n) is 3.92. The SMILES string of the molecule is Nc1cc(C2OCC3(CCNCC3)[C@@H]2N)cc(Sc2ncc(Cl)nc2N)c1Cl. The van der Waals surface area contributed by atoms with Gasteiger partial charge in [-0.1, -0.05) is 35.0 Å². The van der Waals surface area contributed by atoms with Crippen LogP contribution in [0.3, 0.4) is 0 Å². The van der Waals surface area contributed by atoms with E-state index in [-0.39, 0.29) is 28.5 Å². The third-order valence-electron chi connectivity index (χ3n) is 5.54. The Bertz CT molecular complexity index is 893. The van der Waals surface area contributed by atoms with Crippen molar-refractivity contribution >= 4 is 46.5 Å². The van der Waals surface area contributed by atoms with Crippen LogP contribution >= 0.6 is 35.0 Å². The molecular formula is C18H22Cl2N6OS. The smallest absolute Gasteiger partial charge is 0.158 e. The van der Waals surface area contributed by atoms with Crippen LogP contribution in [0.1, 0.15) is 24.5 Å². The number of nitrogen functional groups attached to an aromatic ring is 2. The molecule has 1 unspecified atom stereocenters. The number of anilines is 2. The van der Waals surface area contributed by atoms with E-state index in [1.807, 2.05) is 12.1 Å². The zero-order valence-corrected chi connectivity index (χ0v) is 17.4. The average molecular weight is 441 g/mol. The fraction of sp³-hybridized carbons (Fsp3) is 0.444. The van der Waals surface area contributed by atoms with E-state index in [9.17, 15) is 0 Å². The van der Waals surface area contributed by atoms with Crippen LogP contribution in [0.5, 0.6) is 0 Å². The lowest BCUT2D eigenvalue weighted by molar-refractivity contribution is 0.0862. The number of benzene rings is 1. The van der Waals surface area contributed by atoms with Gasteiger partial charge in [0.1, 0.15) is 10.2 Å². The summed E-state index contributed by atoms with van der Waals surface area (Å²) in [4.78, 5) is 8.99. The highest BCUT2D eigenvalue weighted by Crippen LogP contribution is 2.47. The molecule has 0 saturated carbocycles. The highest BCUT2D eigenvalue weighted by molar-refractivity contribution is 7.99. The molecule has 28 heavy (non-hydrogen) atoms. The van der Waals surface area contributed by atoms with Crippen LogP contribution < -0.4 is 22.5 Å². The van der Waals surface area contributed by atoms with Crippen LogP contribution in [0.2, 0.25) is 10.2 Å². The van der Waals surface area contributed by atoms with Gasteiger partial charge >= 0.3 is 0 Å². The van der Waals surface area contributed by atoms with E-state index >= 15 is 0 Å². The van der Waals surface area contributed by atoms with Crippen molar-refractivity contribution in [1.82, 2.24) is 15.3 Å². The van der Waals surface area contributed by atoms with Crippen molar-refractivity contribution < 1.29 is 4.74 Å². The molecule has 2 aromatic rings. The van der Waals surface area contributed by atoms with Gasteiger partial charge in [0.25, 0.3) is 0 Å². The van der Waals surface area contributed by atoms with E-state index in [0.29, 0.717) is 22.3 Å². The average Bonchev–Trinajstić information content (AvgIpc) is 2.97. The number of nitrogens with two attached hydrogens (primary N) is 3. The Balaban J connectivity index is 1.64. The molecule has 0 bridgehead atoms. The molecule has 10 heteroatoms. The first-order valence-corrected chi connectivity index (χ1v) is 10.6. The normalized spacial score (nSPS) is 24.0. The second-order valence-corrected chi connectivity index (χ2v) is 9.07. The maximum absolute atomic E-state index is 6.66. The lowest BCUT2D eigenvalue weighted by Gasteiger charge is -2.36. The molecule has 7 N–H and O–H groups in total. The van der Waals surface area contributed by atoms with Gasteiger partial charge in [-0.25, -0.2) is 9.97 Å². The molecule has 0 radical (unpaired) electrons. The topological polar surface area (TPSA) is 125 Å². The molecule has 3 heterocycles. The van der Waals surface area contributed by atoms with E-state index in [1.165, 1.54) is 18.0 Å². The molecule has 1 aromatic heterocycles. The Hall–Kier alpha value is -1.29. The van der Waals surface area contributed by atoms with Gasteiger partial charge in [0, 0.05) is 16.4 Å². The lowest BCUT2D eigenvalue weighted by atomic mass is 9.73. The van der Waals surface area contributed by atoms with Crippen molar-refractivity contribution in [3.8, 4) is 0 Å². The molecule has 2 atom stereocenters. The molecule has 0 amide bonds. The number of nitrogens with zero attached hydrogens (tertiary/aromatic N) is 2. The zero-order valence-electron chi connectivity index (χ0n) is 15.1. The maximum Gasteiger partial charge on any atom is 0.158 e. The molecule has 4 rings (SSSR count). The number of piperidine rings is 1. The molecule has 2 fully saturated rings.